The van der Waals surface area contributed by atoms with Crippen molar-refractivity contribution in [1.82, 2.24) is 14.5 Å². The smallest absolute Gasteiger partial charge is 0.164 e. The highest BCUT2D eigenvalue weighted by atomic mass is 16.1. The quantitative estimate of drug-likeness (QED) is 0.672. The first-order valence-corrected chi connectivity index (χ1v) is 6.21. The molecule has 19 heavy (non-hydrogen) atoms. The Bertz CT molecular complexity index is 731. The molecular formula is C15H13N3O. The fourth-order valence-corrected chi connectivity index (χ4v) is 2.16. The molecule has 3 aromatic heterocycles. The summed E-state index contributed by atoms with van der Waals surface area (Å²) in [6.07, 6.45) is 7.55. The maximum Gasteiger partial charge on any atom is 0.164 e. The van der Waals surface area contributed by atoms with Gasteiger partial charge in [0.15, 0.2) is 5.78 Å². The van der Waals surface area contributed by atoms with Crippen molar-refractivity contribution in [2.45, 2.75) is 13.3 Å². The van der Waals surface area contributed by atoms with Crippen molar-refractivity contribution in [3.8, 4) is 5.69 Å². The van der Waals surface area contributed by atoms with Crippen molar-refractivity contribution in [2.75, 3.05) is 0 Å². The fraction of sp³-hybridized carbons (Fsp3) is 0.133. The largest absolute Gasteiger partial charge is 0.299 e. The summed E-state index contributed by atoms with van der Waals surface area (Å²) in [4.78, 5) is 20.5. The summed E-state index contributed by atoms with van der Waals surface area (Å²) in [5, 5.41) is 0.887. The molecule has 0 aliphatic rings. The van der Waals surface area contributed by atoms with Gasteiger partial charge < -0.3 is 0 Å². The molecule has 0 saturated carbocycles. The molecule has 94 valence electrons. The molecule has 0 atom stereocenters. The van der Waals surface area contributed by atoms with Crippen molar-refractivity contribution < 1.29 is 4.79 Å². The third-order valence-corrected chi connectivity index (χ3v) is 3.11. The third-order valence-electron chi connectivity index (χ3n) is 3.11. The lowest BCUT2D eigenvalue weighted by molar-refractivity contribution is 0.0989. The standard InChI is InChI=1S/C15H13N3O/c1-2-14(19)13-10-18(11-5-3-7-16-9-11)15-12(13)6-4-8-17-15/h3-10H,2H2,1H3. The summed E-state index contributed by atoms with van der Waals surface area (Å²) in [5.41, 5.74) is 2.41. The highest BCUT2D eigenvalue weighted by Crippen LogP contribution is 2.23. The van der Waals surface area contributed by atoms with Gasteiger partial charge in [-0.1, -0.05) is 6.92 Å². The average molecular weight is 251 g/mol. The Morgan fingerprint density at radius 3 is 2.84 bits per heavy atom. The molecule has 0 spiro atoms. The molecule has 3 aromatic rings. The van der Waals surface area contributed by atoms with E-state index in [9.17, 15) is 4.79 Å². The lowest BCUT2D eigenvalue weighted by Crippen LogP contribution is -1.95. The van der Waals surface area contributed by atoms with Gasteiger partial charge in [0.1, 0.15) is 5.65 Å². The number of fused-ring (bicyclic) bond motifs is 1. The van der Waals surface area contributed by atoms with Crippen molar-refractivity contribution in [3.05, 3.63) is 54.6 Å². The van der Waals surface area contributed by atoms with E-state index in [-0.39, 0.29) is 5.78 Å². The van der Waals surface area contributed by atoms with E-state index in [1.54, 1.807) is 18.6 Å². The zero-order valence-electron chi connectivity index (χ0n) is 10.6. The first-order chi connectivity index (χ1) is 9.31. The van der Waals surface area contributed by atoms with Crippen LogP contribution in [-0.2, 0) is 0 Å². The summed E-state index contributed by atoms with van der Waals surface area (Å²) in [6, 6.07) is 7.59. The molecule has 0 bridgehead atoms. The van der Waals surface area contributed by atoms with Gasteiger partial charge in [0, 0.05) is 36.0 Å². The first kappa shape index (κ1) is 11.6. The van der Waals surface area contributed by atoms with Crippen molar-refractivity contribution in [3.63, 3.8) is 0 Å². The Kier molecular flexibility index (Phi) is 2.83. The number of hydrogen-bond donors (Lipinski definition) is 0. The van der Waals surface area contributed by atoms with Gasteiger partial charge in [-0.2, -0.15) is 0 Å². The van der Waals surface area contributed by atoms with Gasteiger partial charge >= 0.3 is 0 Å². The number of aromatic nitrogens is 3. The fourth-order valence-electron chi connectivity index (χ4n) is 2.16. The molecule has 4 heteroatoms. The average Bonchev–Trinajstić information content (AvgIpc) is 2.87. The summed E-state index contributed by atoms with van der Waals surface area (Å²) >= 11 is 0. The number of Topliss-reactive ketones (excluding diaryl/α,β-unsaturated/α-hetero) is 1. The summed E-state index contributed by atoms with van der Waals surface area (Å²) in [7, 11) is 0. The monoisotopic (exact) mass is 251 g/mol. The number of rotatable bonds is 3. The molecule has 0 radical (unpaired) electrons. The van der Waals surface area contributed by atoms with Gasteiger partial charge in [-0.05, 0) is 24.3 Å². The molecule has 3 heterocycles. The molecular weight excluding hydrogens is 238 g/mol. The Morgan fingerprint density at radius 2 is 2.11 bits per heavy atom. The summed E-state index contributed by atoms with van der Waals surface area (Å²) in [5.74, 6) is 0.126. The predicted molar refractivity (Wildman–Crippen MR) is 73.5 cm³/mol. The molecule has 0 aliphatic carbocycles. The first-order valence-electron chi connectivity index (χ1n) is 6.21. The van der Waals surface area contributed by atoms with Gasteiger partial charge in [0.05, 0.1) is 11.9 Å². The molecule has 4 nitrogen and oxygen atoms in total. The zero-order chi connectivity index (χ0) is 13.2. The van der Waals surface area contributed by atoms with E-state index in [0.717, 1.165) is 22.3 Å². The minimum absolute atomic E-state index is 0.126. The van der Waals surface area contributed by atoms with Crippen molar-refractivity contribution >= 4 is 16.8 Å². The zero-order valence-corrected chi connectivity index (χ0v) is 10.6. The predicted octanol–water partition coefficient (Wildman–Crippen LogP) is 3.01. The van der Waals surface area contributed by atoms with Crippen LogP contribution in [0.25, 0.3) is 16.7 Å². The lowest BCUT2D eigenvalue weighted by atomic mass is 10.1. The molecule has 0 aliphatic heterocycles. The molecule has 0 N–H and O–H groups in total. The van der Waals surface area contributed by atoms with Crippen LogP contribution in [0.15, 0.2) is 49.1 Å². The summed E-state index contributed by atoms with van der Waals surface area (Å²) < 4.78 is 1.91. The van der Waals surface area contributed by atoms with Gasteiger partial charge in [0.2, 0.25) is 0 Å². The molecule has 0 amide bonds. The second-order valence-electron chi connectivity index (χ2n) is 4.28. The maximum absolute atomic E-state index is 12.0. The second kappa shape index (κ2) is 4.65. The topological polar surface area (TPSA) is 47.8 Å². The van der Waals surface area contributed by atoms with Crippen LogP contribution in [0.3, 0.4) is 0 Å². The summed E-state index contributed by atoms with van der Waals surface area (Å²) in [6.45, 7) is 1.87. The number of carbonyl (C=O) groups excluding carboxylic acids is 1. The van der Waals surface area contributed by atoms with E-state index in [1.165, 1.54) is 0 Å². The van der Waals surface area contributed by atoms with Crippen molar-refractivity contribution in [2.24, 2.45) is 0 Å². The van der Waals surface area contributed by atoms with Crippen LogP contribution in [0.5, 0.6) is 0 Å². The number of carbonyl (C=O) groups is 1. The van der Waals surface area contributed by atoms with E-state index in [2.05, 4.69) is 9.97 Å². The van der Waals surface area contributed by atoms with Crippen LogP contribution in [0, 0.1) is 0 Å². The van der Waals surface area contributed by atoms with Gasteiger partial charge in [-0.25, -0.2) is 4.98 Å². The number of ketones is 1. The highest BCUT2D eigenvalue weighted by Gasteiger charge is 2.15. The van der Waals surface area contributed by atoms with E-state index in [4.69, 9.17) is 0 Å². The number of pyridine rings is 2. The van der Waals surface area contributed by atoms with Crippen LogP contribution in [0.4, 0.5) is 0 Å². The Labute approximate surface area is 110 Å². The van der Waals surface area contributed by atoms with E-state index in [0.29, 0.717) is 6.42 Å². The minimum atomic E-state index is 0.126. The van der Waals surface area contributed by atoms with Crippen LogP contribution >= 0.6 is 0 Å². The Balaban J connectivity index is 2.29. The maximum atomic E-state index is 12.0. The van der Waals surface area contributed by atoms with Gasteiger partial charge in [0.25, 0.3) is 0 Å². The molecule has 0 aromatic carbocycles. The Morgan fingerprint density at radius 1 is 1.26 bits per heavy atom. The molecule has 3 rings (SSSR count). The Hall–Kier alpha value is -2.49. The van der Waals surface area contributed by atoms with Gasteiger partial charge in [-0.3, -0.25) is 14.3 Å². The number of hydrogen-bond acceptors (Lipinski definition) is 3. The van der Waals surface area contributed by atoms with Crippen molar-refractivity contribution in [1.29, 1.82) is 0 Å². The normalized spacial score (nSPS) is 10.8. The van der Waals surface area contributed by atoms with Crippen LogP contribution < -0.4 is 0 Å². The van der Waals surface area contributed by atoms with E-state index < -0.39 is 0 Å². The third kappa shape index (κ3) is 1.91. The second-order valence-corrected chi connectivity index (χ2v) is 4.28. The van der Waals surface area contributed by atoms with E-state index >= 15 is 0 Å². The molecule has 0 saturated heterocycles. The van der Waals surface area contributed by atoms with Crippen LogP contribution in [0.1, 0.15) is 23.7 Å². The SMILES string of the molecule is CCC(=O)c1cn(-c2cccnc2)c2ncccc12. The highest BCUT2D eigenvalue weighted by molar-refractivity contribution is 6.07. The van der Waals surface area contributed by atoms with Gasteiger partial charge in [-0.15, -0.1) is 0 Å². The van der Waals surface area contributed by atoms with Crippen LogP contribution in [-0.4, -0.2) is 20.3 Å². The molecule has 0 fully saturated rings. The minimum Gasteiger partial charge on any atom is -0.299 e. The van der Waals surface area contributed by atoms with Crippen LogP contribution in [0.2, 0.25) is 0 Å². The van der Waals surface area contributed by atoms with E-state index in [1.807, 2.05) is 42.0 Å². The number of nitrogens with zero attached hydrogens (tertiary/aromatic N) is 3. The lowest BCUT2D eigenvalue weighted by Gasteiger charge is -2.02. The molecule has 0 unspecified atom stereocenters.